The van der Waals surface area contributed by atoms with Gasteiger partial charge in [-0.2, -0.15) is 0 Å². The number of aliphatic hydroxyl groups is 1. The first kappa shape index (κ1) is 35.3. The summed E-state index contributed by atoms with van der Waals surface area (Å²) < 4.78 is 52.9. The van der Waals surface area contributed by atoms with Gasteiger partial charge in [0.05, 0.1) is 24.7 Å². The van der Waals surface area contributed by atoms with Crippen LogP contribution in [-0.4, -0.2) is 94.2 Å². The van der Waals surface area contributed by atoms with Crippen LogP contribution in [0.5, 0.6) is 11.5 Å². The molecule has 1 aliphatic heterocycles. The van der Waals surface area contributed by atoms with Gasteiger partial charge in [0.2, 0.25) is 18.4 Å². The molecule has 14 nitrogen and oxygen atoms in total. The maximum Gasteiger partial charge on any atom is 0.415 e. The number of carbonyl (C=O) groups excluding carboxylic acids is 3. The Balaban J connectivity index is 1.36. The molecule has 2 aromatic rings. The zero-order chi connectivity index (χ0) is 32.7. The van der Waals surface area contributed by atoms with E-state index in [0.717, 1.165) is 0 Å². The number of rotatable bonds is 14. The zero-order valence-corrected chi connectivity index (χ0v) is 25.8. The third-order valence-electron chi connectivity index (χ3n) is 6.92. The number of likely N-dealkylation sites (N-methyl/N-ethyl adjacent to an activating group) is 1. The van der Waals surface area contributed by atoms with Crippen LogP contribution in [0.2, 0.25) is 0 Å². The topological polar surface area (TPSA) is 209 Å². The molecule has 0 spiro atoms. The van der Waals surface area contributed by atoms with Crippen molar-refractivity contribution in [1.29, 1.82) is 0 Å². The van der Waals surface area contributed by atoms with Crippen LogP contribution in [-0.2, 0) is 18.7 Å². The minimum Gasteiger partial charge on any atom is -0.492 e. The van der Waals surface area contributed by atoms with Crippen LogP contribution >= 0.6 is 15.0 Å². The van der Waals surface area contributed by atoms with Gasteiger partial charge in [-0.1, -0.05) is 12.1 Å². The normalized spacial score (nSPS) is 17.4. The van der Waals surface area contributed by atoms with E-state index in [-0.39, 0.29) is 63.0 Å². The van der Waals surface area contributed by atoms with Crippen molar-refractivity contribution >= 4 is 32.7 Å². The Morgan fingerprint density at radius 2 is 1.82 bits per heavy atom. The highest BCUT2D eigenvalue weighted by molar-refractivity contribution is 7.74. The average molecular weight is 661 g/mol. The average Bonchev–Trinajstić information content (AvgIpc) is 2.94. The van der Waals surface area contributed by atoms with E-state index in [1.807, 2.05) is 0 Å². The lowest BCUT2D eigenvalue weighted by atomic mass is 9.89. The van der Waals surface area contributed by atoms with Crippen molar-refractivity contribution in [2.45, 2.75) is 30.3 Å². The standard InChI is InChI=1S/C27H35FN2O12P2/c1-30(13-15-40-14-10-24(31)29-12-3-11-27(34,43(2,35)36)44(37,38)39)26(33)42-20-8-9-21-23(16-20)41-17-22(25(21)32)18-4-6-19(28)7-5-18/h4-9,16,22,34H,3,10-15,17H2,1-2H3,(H,29,31)(H,35,36)(H2,37,38,39). The Morgan fingerprint density at radius 3 is 2.45 bits per heavy atom. The second kappa shape index (κ2) is 14.7. The van der Waals surface area contributed by atoms with Crippen molar-refractivity contribution in [3.05, 3.63) is 59.4 Å². The summed E-state index contributed by atoms with van der Waals surface area (Å²) in [6.45, 7) is 0.791. The van der Waals surface area contributed by atoms with Crippen LogP contribution in [0.4, 0.5) is 9.18 Å². The summed E-state index contributed by atoms with van der Waals surface area (Å²) in [5.41, 5.74) is 0.946. The molecule has 0 saturated heterocycles. The lowest BCUT2D eigenvalue weighted by Crippen LogP contribution is -2.33. The molecule has 3 atom stereocenters. The van der Waals surface area contributed by atoms with Gasteiger partial charge in [-0.3, -0.25) is 18.7 Å². The number of nitrogens with one attached hydrogen (secondary N) is 1. The van der Waals surface area contributed by atoms with E-state index in [2.05, 4.69) is 5.32 Å². The number of benzene rings is 2. The lowest BCUT2D eigenvalue weighted by Gasteiger charge is -2.30. The number of ether oxygens (including phenoxy) is 3. The van der Waals surface area contributed by atoms with E-state index in [1.54, 1.807) is 0 Å². The van der Waals surface area contributed by atoms with Crippen molar-refractivity contribution < 1.29 is 61.9 Å². The largest absolute Gasteiger partial charge is 0.492 e. The number of carbonyl (C=O) groups is 3. The molecule has 17 heteroatoms. The summed E-state index contributed by atoms with van der Waals surface area (Å²) in [5, 5.41) is 9.41. The zero-order valence-electron chi connectivity index (χ0n) is 24.1. The van der Waals surface area contributed by atoms with E-state index >= 15 is 0 Å². The van der Waals surface area contributed by atoms with Gasteiger partial charge in [-0.25, -0.2) is 9.18 Å². The molecule has 0 aromatic heterocycles. The Morgan fingerprint density at radius 1 is 1.14 bits per heavy atom. The number of fused-ring (bicyclic) bond motifs is 1. The van der Waals surface area contributed by atoms with Gasteiger partial charge in [-0.05, 0) is 42.7 Å². The number of ketones is 1. The van der Waals surface area contributed by atoms with Crippen molar-refractivity contribution in [2.75, 3.05) is 46.6 Å². The van der Waals surface area contributed by atoms with Gasteiger partial charge in [-0.15, -0.1) is 0 Å². The highest BCUT2D eigenvalue weighted by Gasteiger charge is 2.56. The predicted octanol–water partition coefficient (Wildman–Crippen LogP) is 2.64. The van der Waals surface area contributed by atoms with E-state index in [0.29, 0.717) is 17.8 Å². The predicted molar refractivity (Wildman–Crippen MR) is 154 cm³/mol. The van der Waals surface area contributed by atoms with Crippen LogP contribution in [0.1, 0.15) is 41.1 Å². The molecule has 242 valence electrons. The second-order valence-electron chi connectivity index (χ2n) is 10.2. The maximum absolute atomic E-state index is 13.2. The summed E-state index contributed by atoms with van der Waals surface area (Å²) in [7, 11) is -8.39. The molecule has 2 amide bonds. The quantitative estimate of drug-likeness (QED) is 0.146. The minimum absolute atomic E-state index is 0.00293. The summed E-state index contributed by atoms with van der Waals surface area (Å²) in [6, 6.07) is 10.0. The molecule has 3 rings (SSSR count). The maximum atomic E-state index is 13.2. The summed E-state index contributed by atoms with van der Waals surface area (Å²) in [5.74, 6) is -1.22. The number of Topliss-reactive ketones (excluding diaryl/α,β-unsaturated/α-hetero) is 1. The molecule has 5 N–H and O–H groups in total. The molecular formula is C27H35FN2O12P2. The highest BCUT2D eigenvalue weighted by atomic mass is 31.2. The van der Waals surface area contributed by atoms with Gasteiger partial charge in [0.1, 0.15) is 23.9 Å². The third kappa shape index (κ3) is 8.95. The van der Waals surface area contributed by atoms with Crippen LogP contribution in [0.25, 0.3) is 0 Å². The number of halogens is 1. The van der Waals surface area contributed by atoms with Gasteiger partial charge < -0.3 is 44.2 Å². The SMILES string of the molecule is CN(CCOCCC(=O)NCCCC(O)(P(C)(=O)O)P(=O)(O)O)C(=O)Oc1ccc2c(c1)OCC(c1ccc(F)cc1)C2=O. The first-order valence-corrected chi connectivity index (χ1v) is 17.2. The molecule has 1 aliphatic rings. The fourth-order valence-electron chi connectivity index (χ4n) is 4.24. The number of hydrogen-bond donors (Lipinski definition) is 5. The first-order valence-electron chi connectivity index (χ1n) is 13.5. The molecule has 0 bridgehead atoms. The molecule has 44 heavy (non-hydrogen) atoms. The van der Waals surface area contributed by atoms with Crippen molar-refractivity contribution in [3.8, 4) is 11.5 Å². The molecular weight excluding hydrogens is 625 g/mol. The number of hydrogen-bond acceptors (Lipinski definition) is 9. The molecule has 1 heterocycles. The number of amides is 2. The third-order valence-corrected chi connectivity index (χ3v) is 11.5. The van der Waals surface area contributed by atoms with Gasteiger partial charge in [0.15, 0.2) is 5.78 Å². The second-order valence-corrected chi connectivity index (χ2v) is 14.9. The Labute approximate surface area is 252 Å². The molecule has 3 unspecified atom stereocenters. The Kier molecular flexibility index (Phi) is 11.8. The van der Waals surface area contributed by atoms with Crippen LogP contribution < -0.4 is 14.8 Å². The summed E-state index contributed by atoms with van der Waals surface area (Å²) >= 11 is 0. The molecule has 0 saturated carbocycles. The van der Waals surface area contributed by atoms with E-state index in [1.165, 1.54) is 54.4 Å². The summed E-state index contributed by atoms with van der Waals surface area (Å²) in [4.78, 5) is 66.7. The van der Waals surface area contributed by atoms with Crippen LogP contribution in [0.3, 0.4) is 0 Å². The molecule has 0 radical (unpaired) electrons. The lowest BCUT2D eigenvalue weighted by molar-refractivity contribution is -0.122. The van der Waals surface area contributed by atoms with E-state index < -0.39 is 50.2 Å². The molecule has 2 aromatic carbocycles. The molecule has 0 fully saturated rings. The minimum atomic E-state index is -5.31. The monoisotopic (exact) mass is 660 g/mol. The fourth-order valence-corrected chi connectivity index (χ4v) is 7.20. The van der Waals surface area contributed by atoms with Gasteiger partial charge in [0, 0.05) is 39.3 Å². The van der Waals surface area contributed by atoms with E-state index in [4.69, 9.17) is 14.2 Å². The van der Waals surface area contributed by atoms with Crippen LogP contribution in [0, 0.1) is 5.82 Å². The highest BCUT2D eigenvalue weighted by Crippen LogP contribution is 2.69. The van der Waals surface area contributed by atoms with Crippen molar-refractivity contribution in [1.82, 2.24) is 10.2 Å². The first-order chi connectivity index (χ1) is 20.5. The number of nitrogens with zero attached hydrogens (tertiary/aromatic N) is 1. The summed E-state index contributed by atoms with van der Waals surface area (Å²) in [6.07, 6.45) is -1.63. The van der Waals surface area contributed by atoms with Crippen molar-refractivity contribution in [2.24, 2.45) is 0 Å². The Hall–Kier alpha value is -3.16. The van der Waals surface area contributed by atoms with E-state index in [9.17, 15) is 47.7 Å². The van der Waals surface area contributed by atoms with Gasteiger partial charge >= 0.3 is 13.7 Å². The Bertz CT molecular complexity index is 1420. The van der Waals surface area contributed by atoms with Gasteiger partial charge in [0.25, 0.3) is 0 Å². The van der Waals surface area contributed by atoms with Crippen molar-refractivity contribution in [3.63, 3.8) is 0 Å². The van der Waals surface area contributed by atoms with Crippen LogP contribution in [0.15, 0.2) is 42.5 Å². The molecule has 0 aliphatic carbocycles. The smallest absolute Gasteiger partial charge is 0.415 e. The fraction of sp³-hybridized carbons (Fsp3) is 0.444.